The molecule has 10 heteroatoms. The van der Waals surface area contributed by atoms with Crippen LogP contribution in [-0.4, -0.2) is 58.3 Å². The Hall–Kier alpha value is -1.81. The van der Waals surface area contributed by atoms with Gasteiger partial charge >= 0.3 is 11.9 Å². The lowest BCUT2D eigenvalue weighted by Gasteiger charge is -2.16. The highest BCUT2D eigenvalue weighted by Crippen LogP contribution is 1.97. The molecule has 2 atom stereocenters. The van der Waals surface area contributed by atoms with Gasteiger partial charge in [0.25, 0.3) is 0 Å². The number of carboxylic acids is 2. The van der Waals surface area contributed by atoms with E-state index in [-0.39, 0.29) is 18.6 Å². The van der Waals surface area contributed by atoms with Crippen molar-refractivity contribution in [2.75, 3.05) is 12.2 Å². The summed E-state index contributed by atoms with van der Waals surface area (Å²) in [6.45, 7) is -2.99. The summed E-state index contributed by atoms with van der Waals surface area (Å²) >= 11 is 3.81. The van der Waals surface area contributed by atoms with E-state index in [1.807, 2.05) is 0 Å². The number of carboxylic acid groups (broad SMARTS) is 2. The highest BCUT2D eigenvalue weighted by molar-refractivity contribution is 7.80. The third kappa shape index (κ3) is 7.59. The van der Waals surface area contributed by atoms with Gasteiger partial charge in [-0.05, 0) is 6.42 Å². The molecule has 0 aromatic rings. The summed E-state index contributed by atoms with van der Waals surface area (Å²) in [6, 6.07) is -2.50. The number of hydrogen-bond acceptors (Lipinski definition) is 6. The minimum Gasteiger partial charge on any atom is -0.480 e. The van der Waals surface area contributed by atoms with Crippen molar-refractivity contribution in [2.45, 2.75) is 24.9 Å². The molecule has 2 amide bonds. The first-order valence-corrected chi connectivity index (χ1v) is 6.08. The highest BCUT2D eigenvalue weighted by atomic mass is 32.1. The first-order valence-electron chi connectivity index (χ1n) is 6.45. The summed E-state index contributed by atoms with van der Waals surface area (Å²) in [7, 11) is 0. The maximum atomic E-state index is 11.7. The Morgan fingerprint density at radius 1 is 1.30 bits per heavy atom. The monoisotopic (exact) mass is 309 g/mol. The molecular formula is C10H17N3O6S. The van der Waals surface area contributed by atoms with Crippen molar-refractivity contribution in [3.05, 3.63) is 0 Å². The van der Waals surface area contributed by atoms with E-state index in [9.17, 15) is 19.2 Å². The number of amides is 2. The molecule has 0 saturated carbocycles. The molecule has 0 fully saturated rings. The van der Waals surface area contributed by atoms with Gasteiger partial charge in [0.15, 0.2) is 0 Å². The summed E-state index contributed by atoms with van der Waals surface area (Å²) < 4.78 is 14.1. The zero-order valence-corrected chi connectivity index (χ0v) is 11.2. The van der Waals surface area contributed by atoms with Gasteiger partial charge in [-0.15, -0.1) is 0 Å². The first kappa shape index (κ1) is 14.6. The molecule has 0 aliphatic heterocycles. The first-order chi connectivity index (χ1) is 10.0. The van der Waals surface area contributed by atoms with Crippen LogP contribution in [0.25, 0.3) is 0 Å². The number of aliphatic carboxylic acids is 2. The highest BCUT2D eigenvalue weighted by Gasteiger charge is 2.20. The lowest BCUT2D eigenvalue weighted by atomic mass is 10.1. The second-order valence-corrected chi connectivity index (χ2v) is 4.07. The van der Waals surface area contributed by atoms with Crippen molar-refractivity contribution in [3.8, 4) is 0 Å². The van der Waals surface area contributed by atoms with Gasteiger partial charge < -0.3 is 26.6 Å². The van der Waals surface area contributed by atoms with Gasteiger partial charge in [-0.25, -0.2) is 0 Å². The summed E-state index contributed by atoms with van der Waals surface area (Å²) in [5.41, 5.74) is 5.22. The fourth-order valence-electron chi connectivity index (χ4n) is 1.07. The Labute approximate surface area is 123 Å². The zero-order valence-electron chi connectivity index (χ0n) is 12.3. The number of nitrogens with two attached hydrogens (primary N) is 1. The molecule has 6 N–H and O–H groups in total. The molecular weight excluding hydrogens is 290 g/mol. The van der Waals surface area contributed by atoms with Crippen molar-refractivity contribution in [1.82, 2.24) is 10.6 Å². The summed E-state index contributed by atoms with van der Waals surface area (Å²) in [4.78, 5) is 44.3. The number of hydrogen-bond donors (Lipinski definition) is 6. The van der Waals surface area contributed by atoms with Crippen LogP contribution >= 0.6 is 12.6 Å². The number of carbonyl (C=O) groups is 4. The van der Waals surface area contributed by atoms with Gasteiger partial charge in [-0.2, -0.15) is 12.6 Å². The van der Waals surface area contributed by atoms with Crippen LogP contribution in [0.2, 0.25) is 0 Å². The summed E-state index contributed by atoms with van der Waals surface area (Å²) in [5.74, 6) is -5.14. The van der Waals surface area contributed by atoms with E-state index in [4.69, 9.17) is 18.7 Å². The quantitative estimate of drug-likeness (QED) is 0.263. The second kappa shape index (κ2) is 9.15. The summed E-state index contributed by atoms with van der Waals surface area (Å²) in [5, 5.41) is 20.9. The normalized spacial score (nSPS) is 15.3. The van der Waals surface area contributed by atoms with E-state index in [1.54, 1.807) is 5.32 Å². The van der Waals surface area contributed by atoms with Crippen LogP contribution < -0.4 is 16.4 Å². The molecule has 0 aromatic carbocycles. The largest absolute Gasteiger partial charge is 0.480 e. The Balaban J connectivity index is 4.53. The molecule has 114 valence electrons. The van der Waals surface area contributed by atoms with Gasteiger partial charge in [0.05, 0.1) is 2.74 Å². The van der Waals surface area contributed by atoms with E-state index >= 15 is 0 Å². The van der Waals surface area contributed by atoms with Crippen molar-refractivity contribution in [1.29, 1.82) is 0 Å². The van der Waals surface area contributed by atoms with E-state index < -0.39 is 42.3 Å². The average molecular weight is 309 g/mol. The van der Waals surface area contributed by atoms with Crippen LogP contribution in [0.3, 0.4) is 0 Å². The molecule has 0 aliphatic rings. The Morgan fingerprint density at radius 3 is 2.35 bits per heavy atom. The third-order valence-electron chi connectivity index (χ3n) is 2.13. The van der Waals surface area contributed by atoms with Crippen molar-refractivity contribution >= 4 is 36.4 Å². The maximum absolute atomic E-state index is 11.7. The topological polar surface area (TPSA) is 159 Å². The Bertz CT molecular complexity index is 462. The molecule has 0 saturated heterocycles. The van der Waals surface area contributed by atoms with E-state index in [1.165, 1.54) is 0 Å². The van der Waals surface area contributed by atoms with Crippen molar-refractivity contribution in [3.63, 3.8) is 0 Å². The van der Waals surface area contributed by atoms with Crippen molar-refractivity contribution < 1.29 is 32.1 Å². The fraction of sp³-hybridized carbons (Fsp3) is 0.600. The predicted molar refractivity (Wildman–Crippen MR) is 71.3 cm³/mol. The average Bonchev–Trinajstić information content (AvgIpc) is 2.40. The van der Waals surface area contributed by atoms with Gasteiger partial charge in [0.2, 0.25) is 11.8 Å². The van der Waals surface area contributed by atoms with Crippen LogP contribution in [0.5, 0.6) is 0 Å². The molecule has 0 rings (SSSR count). The van der Waals surface area contributed by atoms with Gasteiger partial charge in [0, 0.05) is 12.2 Å². The summed E-state index contributed by atoms with van der Waals surface area (Å²) in [6.07, 6.45) is -0.422. The fourth-order valence-corrected chi connectivity index (χ4v) is 1.33. The third-order valence-corrected chi connectivity index (χ3v) is 2.49. The van der Waals surface area contributed by atoms with Crippen LogP contribution in [-0.2, 0) is 19.2 Å². The maximum Gasteiger partial charge on any atom is 0.322 e. The van der Waals surface area contributed by atoms with Crippen LogP contribution in [0, 0.1) is 0 Å². The van der Waals surface area contributed by atoms with E-state index in [2.05, 4.69) is 17.9 Å². The molecule has 0 radical (unpaired) electrons. The lowest BCUT2D eigenvalue weighted by molar-refractivity contribution is -0.139. The van der Waals surface area contributed by atoms with E-state index in [0.717, 1.165) is 0 Å². The Kier molecular flexibility index (Phi) is 6.68. The standard InChI is InChI=1S/C10H17N3O6S/c11-5(10(18)19)1-2-7(14)13-6(4-20)9(17)12-3-8(15)16/h5-6,20H,1-4,11H2,(H,12,17)(H,13,14)(H,15,16)(H,18,19)/t5-,6-/m0/s1/i3D2. The lowest BCUT2D eigenvalue weighted by Crippen LogP contribution is -2.49. The molecule has 0 spiro atoms. The second-order valence-electron chi connectivity index (χ2n) is 3.71. The number of thiol groups is 1. The molecule has 0 heterocycles. The van der Waals surface area contributed by atoms with E-state index in [0.29, 0.717) is 0 Å². The van der Waals surface area contributed by atoms with Crippen LogP contribution in [0.1, 0.15) is 15.6 Å². The minimum atomic E-state index is -2.99. The number of nitrogens with one attached hydrogen (secondary N) is 2. The molecule has 20 heavy (non-hydrogen) atoms. The van der Waals surface area contributed by atoms with Crippen LogP contribution in [0.15, 0.2) is 0 Å². The molecule has 0 aliphatic carbocycles. The molecule has 0 aromatic heterocycles. The SMILES string of the molecule is [2H]C([2H])(NC(=O)[C@H](CS)NC(=O)CC[C@H](N)C(=O)O)C(=O)O. The van der Waals surface area contributed by atoms with Gasteiger partial charge in [0.1, 0.15) is 18.6 Å². The smallest absolute Gasteiger partial charge is 0.322 e. The molecule has 9 nitrogen and oxygen atoms in total. The van der Waals surface area contributed by atoms with Gasteiger partial charge in [-0.1, -0.05) is 0 Å². The zero-order chi connectivity index (χ0) is 17.5. The number of rotatable bonds is 9. The molecule has 0 bridgehead atoms. The molecule has 0 unspecified atom stereocenters. The predicted octanol–water partition coefficient (Wildman–Crippen LogP) is -2.21. The Morgan fingerprint density at radius 2 is 1.90 bits per heavy atom. The minimum absolute atomic E-state index is 0.155. The van der Waals surface area contributed by atoms with Crippen LogP contribution in [0.4, 0.5) is 0 Å². The van der Waals surface area contributed by atoms with Gasteiger partial charge in [-0.3, -0.25) is 19.2 Å². The van der Waals surface area contributed by atoms with Crippen molar-refractivity contribution in [2.24, 2.45) is 5.73 Å². The number of carbonyl (C=O) groups excluding carboxylic acids is 2.